The van der Waals surface area contributed by atoms with E-state index in [1.54, 1.807) is 18.2 Å². The number of aliphatic imine (C=N–C) groups is 1. The predicted octanol–water partition coefficient (Wildman–Crippen LogP) is 2.98. The highest BCUT2D eigenvalue weighted by Gasteiger charge is 2.50. The van der Waals surface area contributed by atoms with E-state index in [4.69, 9.17) is 9.41 Å². The third-order valence-corrected chi connectivity index (χ3v) is 8.29. The number of likely N-dealkylation sites (tertiary alicyclic amines) is 2. The fraction of sp³-hybridized carbons (Fsp3) is 0.393. The number of H-pyrrole nitrogens is 1. The Morgan fingerprint density at radius 2 is 1.95 bits per heavy atom. The second kappa shape index (κ2) is 8.34. The molecule has 4 unspecified atom stereocenters. The van der Waals surface area contributed by atoms with Crippen molar-refractivity contribution in [2.75, 3.05) is 25.0 Å². The molecule has 9 heteroatoms. The quantitative estimate of drug-likeness (QED) is 0.513. The maximum Gasteiger partial charge on any atom is 0.417 e. The highest BCUT2D eigenvalue weighted by molar-refractivity contribution is 5.97. The smallest absolute Gasteiger partial charge is 0.408 e. The van der Waals surface area contributed by atoms with Crippen LogP contribution in [-0.2, 0) is 0 Å². The SMILES string of the molecule is Cc1cc(C)cc(NC2=NC3CN(C4CC5CC4CN5C(=O)c4ccc5[nH]c(=O)oc5c4)CC3=CN2)c1. The van der Waals surface area contributed by atoms with Crippen LogP contribution >= 0.6 is 0 Å². The van der Waals surface area contributed by atoms with Gasteiger partial charge in [0.25, 0.3) is 5.91 Å². The van der Waals surface area contributed by atoms with E-state index in [1.807, 2.05) is 4.90 Å². The number of amides is 1. The third kappa shape index (κ3) is 3.94. The van der Waals surface area contributed by atoms with Gasteiger partial charge >= 0.3 is 5.76 Å². The van der Waals surface area contributed by atoms with Gasteiger partial charge in [0.15, 0.2) is 5.58 Å². The molecule has 3 aliphatic heterocycles. The zero-order valence-corrected chi connectivity index (χ0v) is 21.0. The van der Waals surface area contributed by atoms with Gasteiger partial charge < -0.3 is 20.0 Å². The van der Waals surface area contributed by atoms with E-state index in [1.165, 1.54) is 16.7 Å². The first-order chi connectivity index (χ1) is 17.9. The van der Waals surface area contributed by atoms with Crippen LogP contribution in [-0.4, -0.2) is 64.4 Å². The molecule has 0 spiro atoms. The van der Waals surface area contributed by atoms with Crippen LogP contribution < -0.4 is 16.4 Å². The Morgan fingerprint density at radius 1 is 1.11 bits per heavy atom. The summed E-state index contributed by atoms with van der Waals surface area (Å²) in [5.41, 5.74) is 6.42. The Balaban J connectivity index is 1.01. The topological polar surface area (TPSA) is 106 Å². The molecule has 1 aromatic heterocycles. The van der Waals surface area contributed by atoms with Crippen LogP contribution in [0.1, 0.15) is 34.3 Å². The number of aryl methyl sites for hydroxylation is 2. The molecule has 4 heterocycles. The van der Waals surface area contributed by atoms with E-state index >= 15 is 0 Å². The maximum atomic E-state index is 13.3. The average Bonchev–Trinajstić information content (AvgIpc) is 3.63. The Bertz CT molecular complexity index is 1510. The van der Waals surface area contributed by atoms with Gasteiger partial charge in [0.2, 0.25) is 5.96 Å². The number of oxazole rings is 1. The lowest BCUT2D eigenvalue weighted by Crippen LogP contribution is -2.47. The zero-order valence-electron chi connectivity index (χ0n) is 21.0. The van der Waals surface area contributed by atoms with Crippen molar-refractivity contribution < 1.29 is 9.21 Å². The summed E-state index contributed by atoms with van der Waals surface area (Å²) in [6, 6.07) is 12.5. The number of hydrogen-bond acceptors (Lipinski definition) is 7. The molecule has 2 bridgehead atoms. The number of aromatic nitrogens is 1. The third-order valence-electron chi connectivity index (χ3n) is 8.29. The van der Waals surface area contributed by atoms with Crippen molar-refractivity contribution in [2.24, 2.45) is 10.9 Å². The summed E-state index contributed by atoms with van der Waals surface area (Å²) in [5, 5.41) is 6.78. The summed E-state index contributed by atoms with van der Waals surface area (Å²) in [7, 11) is 0. The molecule has 3 N–H and O–H groups in total. The number of piperidine rings is 1. The van der Waals surface area contributed by atoms with Gasteiger partial charge in [-0.05, 0) is 79.6 Å². The molecule has 37 heavy (non-hydrogen) atoms. The lowest BCUT2D eigenvalue weighted by Gasteiger charge is -2.36. The average molecular weight is 499 g/mol. The van der Waals surface area contributed by atoms with Crippen LogP contribution in [0, 0.1) is 19.8 Å². The van der Waals surface area contributed by atoms with E-state index < -0.39 is 5.76 Å². The summed E-state index contributed by atoms with van der Waals surface area (Å²) in [4.78, 5) is 36.9. The van der Waals surface area contributed by atoms with Gasteiger partial charge in [-0.2, -0.15) is 0 Å². The summed E-state index contributed by atoms with van der Waals surface area (Å²) < 4.78 is 5.15. The number of rotatable bonds is 3. The second-order valence-electron chi connectivity index (χ2n) is 10.9. The van der Waals surface area contributed by atoms with Crippen molar-refractivity contribution in [1.82, 2.24) is 20.1 Å². The molecule has 2 saturated heterocycles. The molecule has 9 nitrogen and oxygen atoms in total. The minimum absolute atomic E-state index is 0.0189. The number of nitrogens with zero attached hydrogens (tertiary/aromatic N) is 3. The number of anilines is 1. The van der Waals surface area contributed by atoms with Crippen molar-refractivity contribution >= 4 is 28.7 Å². The molecule has 7 rings (SSSR count). The summed E-state index contributed by atoms with van der Waals surface area (Å²) in [6.07, 6.45) is 4.14. The van der Waals surface area contributed by atoms with Crippen molar-refractivity contribution in [3.05, 3.63) is 75.4 Å². The molecule has 3 fully saturated rings. The maximum absolute atomic E-state index is 13.3. The number of hydrogen-bond donors (Lipinski definition) is 3. The molecule has 2 aromatic carbocycles. The van der Waals surface area contributed by atoms with Gasteiger partial charge in [-0.15, -0.1) is 0 Å². The number of carbonyl (C=O) groups excluding carboxylic acids is 1. The Hall–Kier alpha value is -3.85. The predicted molar refractivity (Wildman–Crippen MR) is 142 cm³/mol. The van der Waals surface area contributed by atoms with Crippen LogP contribution in [0.5, 0.6) is 0 Å². The van der Waals surface area contributed by atoms with Gasteiger partial charge in [-0.25, -0.2) is 9.79 Å². The normalized spacial score (nSPS) is 26.7. The lowest BCUT2D eigenvalue weighted by atomic mass is 10.0. The fourth-order valence-corrected chi connectivity index (χ4v) is 6.73. The van der Waals surface area contributed by atoms with Crippen LogP contribution in [0.3, 0.4) is 0 Å². The molecule has 190 valence electrons. The number of aromatic amines is 1. The molecule has 1 aliphatic carbocycles. The van der Waals surface area contributed by atoms with E-state index in [2.05, 4.69) is 58.8 Å². The van der Waals surface area contributed by atoms with Crippen molar-refractivity contribution in [1.29, 1.82) is 0 Å². The Labute approximate surface area is 214 Å². The van der Waals surface area contributed by atoms with Crippen LogP contribution in [0.2, 0.25) is 0 Å². The standard InChI is InChI=1S/C28H30N6O3/c1-15-5-16(2)7-20(6-15)30-27-29-11-19-12-33(14-23(19)31-27)24-10-21-8-18(24)13-34(21)26(35)17-3-4-22-25(9-17)37-28(36)32-22/h3-7,9,11,18,21,23-24H,8,10,12-14H2,1-2H3,(H,32,36)(H2,29,30,31). The number of nitrogens with one attached hydrogen (secondary N) is 3. The number of benzene rings is 2. The fourth-order valence-electron chi connectivity index (χ4n) is 6.73. The van der Waals surface area contributed by atoms with Gasteiger partial charge in [0.05, 0.1) is 11.6 Å². The molecular weight excluding hydrogens is 468 g/mol. The first kappa shape index (κ1) is 22.4. The molecule has 4 atom stereocenters. The molecule has 4 aliphatic rings. The Kier molecular flexibility index (Phi) is 5.04. The van der Waals surface area contributed by atoms with Crippen molar-refractivity contribution in [3.8, 4) is 0 Å². The van der Waals surface area contributed by atoms with E-state index in [9.17, 15) is 9.59 Å². The van der Waals surface area contributed by atoms with Crippen molar-refractivity contribution in [3.63, 3.8) is 0 Å². The minimum atomic E-state index is -0.503. The summed E-state index contributed by atoms with van der Waals surface area (Å²) in [5.74, 6) is 0.774. The monoisotopic (exact) mass is 498 g/mol. The molecule has 3 aromatic rings. The first-order valence-corrected chi connectivity index (χ1v) is 13.0. The van der Waals surface area contributed by atoms with Gasteiger partial charge in [0, 0.05) is 49.2 Å². The van der Waals surface area contributed by atoms with Crippen LogP contribution in [0.4, 0.5) is 5.69 Å². The first-order valence-electron chi connectivity index (χ1n) is 13.0. The molecule has 1 amide bonds. The second-order valence-corrected chi connectivity index (χ2v) is 10.9. The Morgan fingerprint density at radius 3 is 2.73 bits per heavy atom. The minimum Gasteiger partial charge on any atom is -0.408 e. The molecular formula is C28H30N6O3. The highest BCUT2D eigenvalue weighted by atomic mass is 16.4. The van der Waals surface area contributed by atoms with Crippen molar-refractivity contribution in [2.45, 2.75) is 44.8 Å². The van der Waals surface area contributed by atoms with Gasteiger partial charge in [0.1, 0.15) is 0 Å². The summed E-state index contributed by atoms with van der Waals surface area (Å²) >= 11 is 0. The van der Waals surface area contributed by atoms with E-state index in [-0.39, 0.29) is 18.0 Å². The molecule has 0 radical (unpaired) electrons. The highest BCUT2D eigenvalue weighted by Crippen LogP contribution is 2.43. The molecule has 1 saturated carbocycles. The van der Waals surface area contributed by atoms with Crippen LogP contribution in [0.15, 0.2) is 62.4 Å². The number of guanidine groups is 1. The number of carbonyl (C=O) groups is 1. The van der Waals surface area contributed by atoms with E-state index in [0.717, 1.165) is 44.1 Å². The number of fused-ring (bicyclic) bond motifs is 4. The van der Waals surface area contributed by atoms with Gasteiger partial charge in [-0.3, -0.25) is 14.7 Å². The largest absolute Gasteiger partial charge is 0.417 e. The lowest BCUT2D eigenvalue weighted by molar-refractivity contribution is 0.0625. The summed E-state index contributed by atoms with van der Waals surface area (Å²) in [6.45, 7) is 6.81. The zero-order chi connectivity index (χ0) is 25.3. The van der Waals surface area contributed by atoms with Crippen LogP contribution in [0.25, 0.3) is 11.1 Å². The van der Waals surface area contributed by atoms with E-state index in [0.29, 0.717) is 28.6 Å². The van der Waals surface area contributed by atoms with Gasteiger partial charge in [-0.1, -0.05) is 6.07 Å².